The summed E-state index contributed by atoms with van der Waals surface area (Å²) in [5, 5.41) is 1.66. The van der Waals surface area contributed by atoms with Gasteiger partial charge in [-0.05, 0) is 16.9 Å². The van der Waals surface area contributed by atoms with Crippen LogP contribution in [0.5, 0.6) is 0 Å². The summed E-state index contributed by atoms with van der Waals surface area (Å²) in [5.74, 6) is 0. The smallest absolute Gasteiger partial charge is 0.302 e. The van der Waals surface area contributed by atoms with Crippen LogP contribution in [0.25, 0.3) is 0 Å². The van der Waals surface area contributed by atoms with E-state index in [1.165, 1.54) is 0 Å². The monoisotopic (exact) mass is 216 g/mol. The van der Waals surface area contributed by atoms with Gasteiger partial charge in [-0.3, -0.25) is 0 Å². The van der Waals surface area contributed by atoms with Crippen molar-refractivity contribution in [3.63, 3.8) is 0 Å². The van der Waals surface area contributed by atoms with E-state index in [0.29, 0.717) is 0 Å². The van der Waals surface area contributed by atoms with Gasteiger partial charge in [-0.25, -0.2) is 0 Å². The largest absolute Gasteiger partial charge is 0.305 e. The van der Waals surface area contributed by atoms with Crippen LogP contribution in [0.1, 0.15) is 0 Å². The molecule has 2 rings (SSSR count). The number of rotatable bonds is 2. The average Bonchev–Trinajstić information content (AvgIpc) is 2.31. The molecule has 0 saturated carbocycles. The molecule has 0 spiro atoms. The highest BCUT2D eigenvalue weighted by Gasteiger charge is 2.32. The molecule has 0 aliphatic carbocycles. The highest BCUT2D eigenvalue weighted by Crippen LogP contribution is 2.05. The molecule has 0 unspecified atom stereocenters. The molecule has 0 heterocycles. The molecule has 2 aromatic carbocycles. The molecular weight excluding hydrogens is 203 g/mol. The fraction of sp³-hybridized carbons (Fsp3) is 0.0769. The Kier molecular flexibility index (Phi) is 2.69. The van der Waals surface area contributed by atoms with Gasteiger partial charge in [0.2, 0.25) is 0 Å². The number of benzene rings is 2. The lowest BCUT2D eigenvalue weighted by atomic mass is 10.4. The van der Waals surface area contributed by atoms with E-state index in [1.54, 1.807) is 6.55 Å². The van der Waals surface area contributed by atoms with E-state index in [0.717, 1.165) is 10.4 Å². The predicted octanol–water partition coefficient (Wildman–Crippen LogP) is 2.35. The molecule has 0 aliphatic heterocycles. The molecule has 0 saturated heterocycles. The van der Waals surface area contributed by atoms with Crippen molar-refractivity contribution in [3.8, 4) is 0 Å². The molecule has 0 atom stereocenters. The van der Waals surface area contributed by atoms with Crippen LogP contribution < -0.4 is 10.4 Å². The molecule has 0 aliphatic rings. The molecule has 0 bridgehead atoms. The third kappa shape index (κ3) is 2.00. The Hall–Kier alpha value is -1.41. The minimum absolute atomic E-state index is 0.830. The van der Waals surface area contributed by atoms with E-state index in [-0.39, 0.29) is 0 Å². The van der Waals surface area contributed by atoms with Gasteiger partial charge in [0.1, 0.15) is 0 Å². The molecular formula is C13H13FSi. The molecule has 15 heavy (non-hydrogen) atoms. The molecule has 76 valence electrons. The summed E-state index contributed by atoms with van der Waals surface area (Å²) < 4.78 is 14.7. The lowest BCUT2D eigenvalue weighted by Gasteiger charge is -2.17. The summed E-state index contributed by atoms with van der Waals surface area (Å²) in [6, 6.07) is 18.9. The van der Waals surface area contributed by atoms with Crippen LogP contribution in [-0.2, 0) is 0 Å². The van der Waals surface area contributed by atoms with E-state index >= 15 is 0 Å². The minimum Gasteiger partial charge on any atom is -0.302 e. The normalized spacial score (nSPS) is 11.3. The molecule has 0 N–H and O–H groups in total. The Morgan fingerprint density at radius 2 is 1.07 bits per heavy atom. The Morgan fingerprint density at radius 1 is 0.733 bits per heavy atom. The highest BCUT2D eigenvalue weighted by molar-refractivity contribution is 6.96. The fourth-order valence-corrected chi connectivity index (χ4v) is 3.64. The Labute approximate surface area is 90.6 Å². The maximum atomic E-state index is 14.7. The number of hydrogen-bond acceptors (Lipinski definition) is 0. The van der Waals surface area contributed by atoms with Gasteiger partial charge in [-0.15, -0.1) is 0 Å². The third-order valence-corrected chi connectivity index (χ3v) is 5.47. The van der Waals surface area contributed by atoms with Crippen molar-refractivity contribution < 1.29 is 4.11 Å². The van der Waals surface area contributed by atoms with Gasteiger partial charge in [0, 0.05) is 0 Å². The van der Waals surface area contributed by atoms with Gasteiger partial charge in [-0.2, -0.15) is 0 Å². The van der Waals surface area contributed by atoms with Crippen LogP contribution in [0.2, 0.25) is 6.55 Å². The predicted molar refractivity (Wildman–Crippen MR) is 64.9 cm³/mol. The second-order valence-corrected chi connectivity index (χ2v) is 6.90. The molecule has 2 aromatic rings. The molecule has 0 radical (unpaired) electrons. The van der Waals surface area contributed by atoms with Gasteiger partial charge in [0.05, 0.1) is 0 Å². The van der Waals surface area contributed by atoms with Crippen molar-refractivity contribution in [1.29, 1.82) is 0 Å². The van der Waals surface area contributed by atoms with Gasteiger partial charge >= 0.3 is 8.41 Å². The maximum Gasteiger partial charge on any atom is 0.305 e. The summed E-state index contributed by atoms with van der Waals surface area (Å²) in [7, 11) is -2.96. The topological polar surface area (TPSA) is 0 Å². The summed E-state index contributed by atoms with van der Waals surface area (Å²) in [6.07, 6.45) is 0. The van der Waals surface area contributed by atoms with Crippen LogP contribution in [-0.4, -0.2) is 8.41 Å². The van der Waals surface area contributed by atoms with Gasteiger partial charge in [0.25, 0.3) is 0 Å². The zero-order valence-electron chi connectivity index (χ0n) is 8.65. The van der Waals surface area contributed by atoms with Crippen LogP contribution >= 0.6 is 0 Å². The number of halogens is 1. The minimum atomic E-state index is -2.96. The van der Waals surface area contributed by atoms with E-state index in [2.05, 4.69) is 0 Å². The van der Waals surface area contributed by atoms with Crippen molar-refractivity contribution in [2.24, 2.45) is 0 Å². The first-order valence-corrected chi connectivity index (χ1v) is 7.39. The van der Waals surface area contributed by atoms with Crippen molar-refractivity contribution in [1.82, 2.24) is 0 Å². The van der Waals surface area contributed by atoms with Crippen LogP contribution in [0.15, 0.2) is 60.7 Å². The van der Waals surface area contributed by atoms with Gasteiger partial charge in [0.15, 0.2) is 0 Å². The molecule has 2 heteroatoms. The lowest BCUT2D eigenvalue weighted by Crippen LogP contribution is -2.51. The van der Waals surface area contributed by atoms with Gasteiger partial charge in [-0.1, -0.05) is 60.7 Å². The Balaban J connectivity index is 2.44. The standard InChI is InChI=1S/C13H13FSi/c1-15(14,12-8-4-2-5-9-12)13-10-6-3-7-11-13/h2-11H,1H3. The van der Waals surface area contributed by atoms with Crippen molar-refractivity contribution in [2.45, 2.75) is 6.55 Å². The Morgan fingerprint density at radius 3 is 1.40 bits per heavy atom. The fourth-order valence-electron chi connectivity index (χ4n) is 1.67. The highest BCUT2D eigenvalue weighted by atomic mass is 28.4. The second kappa shape index (κ2) is 3.99. The number of hydrogen-bond donors (Lipinski definition) is 0. The van der Waals surface area contributed by atoms with Gasteiger partial charge < -0.3 is 4.11 Å². The maximum absolute atomic E-state index is 14.7. The summed E-state index contributed by atoms with van der Waals surface area (Å²) >= 11 is 0. The van der Waals surface area contributed by atoms with Crippen molar-refractivity contribution in [2.75, 3.05) is 0 Å². The Bertz CT molecular complexity index is 381. The average molecular weight is 216 g/mol. The van der Waals surface area contributed by atoms with E-state index in [1.807, 2.05) is 60.7 Å². The molecule has 0 fully saturated rings. The van der Waals surface area contributed by atoms with Crippen molar-refractivity contribution >= 4 is 18.8 Å². The van der Waals surface area contributed by atoms with E-state index in [4.69, 9.17) is 0 Å². The molecule has 0 nitrogen and oxygen atoms in total. The zero-order valence-corrected chi connectivity index (χ0v) is 9.65. The summed E-state index contributed by atoms with van der Waals surface area (Å²) in [6.45, 7) is 1.73. The van der Waals surface area contributed by atoms with E-state index in [9.17, 15) is 4.11 Å². The summed E-state index contributed by atoms with van der Waals surface area (Å²) in [5.41, 5.74) is 0. The second-order valence-electron chi connectivity index (χ2n) is 3.74. The lowest BCUT2D eigenvalue weighted by molar-refractivity contribution is 0.832. The summed E-state index contributed by atoms with van der Waals surface area (Å²) in [4.78, 5) is 0. The molecule has 0 amide bonds. The SMILES string of the molecule is C[Si](F)(c1ccccc1)c1ccccc1. The third-order valence-electron chi connectivity index (χ3n) is 2.63. The van der Waals surface area contributed by atoms with Crippen LogP contribution in [0, 0.1) is 0 Å². The van der Waals surface area contributed by atoms with Crippen LogP contribution in [0.4, 0.5) is 4.11 Å². The first-order valence-electron chi connectivity index (χ1n) is 5.01. The van der Waals surface area contributed by atoms with Crippen molar-refractivity contribution in [3.05, 3.63) is 60.7 Å². The molecule has 0 aromatic heterocycles. The van der Waals surface area contributed by atoms with E-state index < -0.39 is 8.41 Å². The quantitative estimate of drug-likeness (QED) is 0.534. The zero-order chi connectivity index (χ0) is 10.7. The first-order chi connectivity index (χ1) is 7.21. The first kappa shape index (κ1) is 10.1. The van der Waals surface area contributed by atoms with Crippen LogP contribution in [0.3, 0.4) is 0 Å².